The highest BCUT2D eigenvalue weighted by atomic mass is 16.5. The third kappa shape index (κ3) is 3.26. The largest absolute Gasteiger partial charge is 0.497 e. The quantitative estimate of drug-likeness (QED) is 0.858. The topological polar surface area (TPSA) is 30.5 Å². The summed E-state index contributed by atoms with van der Waals surface area (Å²) in [5, 5.41) is 3.65. The van der Waals surface area contributed by atoms with Gasteiger partial charge < -0.3 is 14.8 Å². The monoisotopic (exact) mass is 277 g/mol. The van der Waals surface area contributed by atoms with E-state index in [4.69, 9.17) is 9.47 Å². The molecule has 0 saturated heterocycles. The van der Waals surface area contributed by atoms with Gasteiger partial charge in [-0.3, -0.25) is 0 Å². The van der Waals surface area contributed by atoms with Gasteiger partial charge in [-0.2, -0.15) is 0 Å². The average Bonchev–Trinajstić information content (AvgIpc) is 2.90. The standard InChI is InChI=1S/C17H27NO2/c1-5-18-17(13-7-6-12(2)10-13)15-9-8-14(19-3)11-16(15)20-4/h8-9,11-13,17-18H,5-7,10H2,1-4H3. The van der Waals surface area contributed by atoms with Crippen LogP contribution in [0.4, 0.5) is 0 Å². The van der Waals surface area contributed by atoms with Gasteiger partial charge in [0.05, 0.1) is 14.2 Å². The molecule has 0 bridgehead atoms. The van der Waals surface area contributed by atoms with Crippen molar-refractivity contribution in [3.8, 4) is 11.5 Å². The molecule has 3 nitrogen and oxygen atoms in total. The first-order valence-corrected chi connectivity index (χ1v) is 7.64. The second kappa shape index (κ2) is 6.98. The lowest BCUT2D eigenvalue weighted by molar-refractivity contribution is 0.340. The number of methoxy groups -OCH3 is 2. The van der Waals surface area contributed by atoms with Gasteiger partial charge in [-0.25, -0.2) is 0 Å². The number of ether oxygens (including phenoxy) is 2. The van der Waals surface area contributed by atoms with Crippen LogP contribution in [0.3, 0.4) is 0 Å². The summed E-state index contributed by atoms with van der Waals surface area (Å²) in [6.07, 6.45) is 3.94. The molecule has 0 amide bonds. The lowest BCUT2D eigenvalue weighted by Crippen LogP contribution is -2.27. The molecule has 2 rings (SSSR count). The molecule has 3 heteroatoms. The Hall–Kier alpha value is -1.22. The van der Waals surface area contributed by atoms with Gasteiger partial charge in [0.25, 0.3) is 0 Å². The zero-order valence-electron chi connectivity index (χ0n) is 13.1. The van der Waals surface area contributed by atoms with Crippen LogP contribution in [0.1, 0.15) is 44.7 Å². The summed E-state index contributed by atoms with van der Waals surface area (Å²) in [6, 6.07) is 6.54. The first-order chi connectivity index (χ1) is 9.69. The molecule has 1 aromatic rings. The summed E-state index contributed by atoms with van der Waals surface area (Å²) < 4.78 is 10.9. The summed E-state index contributed by atoms with van der Waals surface area (Å²) in [6.45, 7) is 5.50. The minimum Gasteiger partial charge on any atom is -0.497 e. The summed E-state index contributed by atoms with van der Waals surface area (Å²) in [5.74, 6) is 3.31. The van der Waals surface area contributed by atoms with Crippen LogP contribution in [-0.2, 0) is 0 Å². The number of rotatable bonds is 6. The Morgan fingerprint density at radius 2 is 2.05 bits per heavy atom. The number of nitrogens with one attached hydrogen (secondary N) is 1. The molecule has 20 heavy (non-hydrogen) atoms. The van der Waals surface area contributed by atoms with Crippen molar-refractivity contribution in [2.75, 3.05) is 20.8 Å². The second-order valence-electron chi connectivity index (χ2n) is 5.82. The Balaban J connectivity index is 2.28. The summed E-state index contributed by atoms with van der Waals surface area (Å²) in [4.78, 5) is 0. The van der Waals surface area contributed by atoms with Gasteiger partial charge in [0.1, 0.15) is 11.5 Å². The van der Waals surface area contributed by atoms with Crippen molar-refractivity contribution in [2.45, 2.75) is 39.2 Å². The van der Waals surface area contributed by atoms with Crippen LogP contribution >= 0.6 is 0 Å². The van der Waals surface area contributed by atoms with E-state index >= 15 is 0 Å². The van der Waals surface area contributed by atoms with Gasteiger partial charge in [0.15, 0.2) is 0 Å². The first kappa shape index (κ1) is 15.2. The fourth-order valence-electron chi connectivity index (χ4n) is 3.38. The Morgan fingerprint density at radius 1 is 1.25 bits per heavy atom. The van der Waals surface area contributed by atoms with E-state index in [-0.39, 0.29) is 0 Å². The lowest BCUT2D eigenvalue weighted by atomic mass is 9.90. The molecule has 3 atom stereocenters. The highest BCUT2D eigenvalue weighted by Gasteiger charge is 2.31. The molecule has 1 aromatic carbocycles. The average molecular weight is 277 g/mol. The molecule has 0 spiro atoms. The fraction of sp³-hybridized carbons (Fsp3) is 0.647. The van der Waals surface area contributed by atoms with Crippen molar-refractivity contribution < 1.29 is 9.47 Å². The fourth-order valence-corrected chi connectivity index (χ4v) is 3.38. The highest BCUT2D eigenvalue weighted by Crippen LogP contribution is 2.42. The normalized spacial score (nSPS) is 23.6. The van der Waals surface area contributed by atoms with E-state index in [9.17, 15) is 0 Å². The maximum Gasteiger partial charge on any atom is 0.127 e. The molecule has 1 N–H and O–H groups in total. The minimum absolute atomic E-state index is 0.380. The molecule has 1 aliphatic carbocycles. The van der Waals surface area contributed by atoms with Gasteiger partial charge in [-0.05, 0) is 37.3 Å². The molecule has 0 heterocycles. The summed E-state index contributed by atoms with van der Waals surface area (Å²) in [5.41, 5.74) is 1.26. The minimum atomic E-state index is 0.380. The number of benzene rings is 1. The van der Waals surface area contributed by atoms with Crippen molar-refractivity contribution in [1.29, 1.82) is 0 Å². The molecular formula is C17H27NO2. The third-order valence-electron chi connectivity index (χ3n) is 4.41. The van der Waals surface area contributed by atoms with Gasteiger partial charge in [-0.1, -0.05) is 26.3 Å². The van der Waals surface area contributed by atoms with Crippen LogP contribution < -0.4 is 14.8 Å². The number of hydrogen-bond acceptors (Lipinski definition) is 3. The van der Waals surface area contributed by atoms with Crippen molar-refractivity contribution in [2.24, 2.45) is 11.8 Å². The van der Waals surface area contributed by atoms with Gasteiger partial charge >= 0.3 is 0 Å². The molecule has 1 saturated carbocycles. The van der Waals surface area contributed by atoms with Crippen molar-refractivity contribution in [3.63, 3.8) is 0 Å². The van der Waals surface area contributed by atoms with Crippen LogP contribution in [0, 0.1) is 11.8 Å². The zero-order valence-corrected chi connectivity index (χ0v) is 13.1. The van der Waals surface area contributed by atoms with Gasteiger partial charge in [-0.15, -0.1) is 0 Å². The van der Waals surface area contributed by atoms with E-state index in [0.29, 0.717) is 12.0 Å². The Kier molecular flexibility index (Phi) is 5.30. The molecular weight excluding hydrogens is 250 g/mol. The Morgan fingerprint density at radius 3 is 2.60 bits per heavy atom. The van der Waals surface area contributed by atoms with E-state index in [1.807, 2.05) is 12.1 Å². The molecule has 0 aliphatic heterocycles. The van der Waals surface area contributed by atoms with E-state index in [1.165, 1.54) is 24.8 Å². The lowest BCUT2D eigenvalue weighted by Gasteiger charge is -2.27. The van der Waals surface area contributed by atoms with E-state index < -0.39 is 0 Å². The Bertz CT molecular complexity index is 433. The van der Waals surface area contributed by atoms with Crippen LogP contribution in [0.25, 0.3) is 0 Å². The van der Waals surface area contributed by atoms with Crippen molar-refractivity contribution in [1.82, 2.24) is 5.32 Å². The van der Waals surface area contributed by atoms with Crippen LogP contribution in [-0.4, -0.2) is 20.8 Å². The smallest absolute Gasteiger partial charge is 0.127 e. The van der Waals surface area contributed by atoms with Crippen molar-refractivity contribution >= 4 is 0 Å². The Labute approximate surface area is 122 Å². The van der Waals surface area contributed by atoms with E-state index in [2.05, 4.69) is 25.2 Å². The van der Waals surface area contributed by atoms with E-state index in [1.54, 1.807) is 14.2 Å². The molecule has 1 fully saturated rings. The van der Waals surface area contributed by atoms with Gasteiger partial charge in [0, 0.05) is 17.7 Å². The van der Waals surface area contributed by atoms with Crippen LogP contribution in [0.5, 0.6) is 11.5 Å². The van der Waals surface area contributed by atoms with Gasteiger partial charge in [0.2, 0.25) is 0 Å². The summed E-state index contributed by atoms with van der Waals surface area (Å²) in [7, 11) is 3.42. The maximum absolute atomic E-state index is 5.58. The molecule has 0 aromatic heterocycles. The molecule has 112 valence electrons. The second-order valence-corrected chi connectivity index (χ2v) is 5.82. The molecule has 0 radical (unpaired) electrons. The SMILES string of the molecule is CCNC(c1ccc(OC)cc1OC)C1CCC(C)C1. The third-order valence-corrected chi connectivity index (χ3v) is 4.41. The number of hydrogen-bond donors (Lipinski definition) is 1. The predicted octanol–water partition coefficient (Wildman–Crippen LogP) is 3.79. The predicted molar refractivity (Wildman–Crippen MR) is 82.5 cm³/mol. The zero-order chi connectivity index (χ0) is 14.5. The molecule has 3 unspecified atom stereocenters. The molecule has 1 aliphatic rings. The van der Waals surface area contributed by atoms with Crippen molar-refractivity contribution in [3.05, 3.63) is 23.8 Å². The van der Waals surface area contributed by atoms with Crippen LogP contribution in [0.15, 0.2) is 18.2 Å². The maximum atomic E-state index is 5.58. The first-order valence-electron chi connectivity index (χ1n) is 7.64. The summed E-state index contributed by atoms with van der Waals surface area (Å²) >= 11 is 0. The van der Waals surface area contributed by atoms with E-state index in [0.717, 1.165) is 24.0 Å². The van der Waals surface area contributed by atoms with Crippen LogP contribution in [0.2, 0.25) is 0 Å². The highest BCUT2D eigenvalue weighted by molar-refractivity contribution is 5.43.